The number of hydrogen-bond donors (Lipinski definition) is 0. The van der Waals surface area contributed by atoms with Gasteiger partial charge in [0.1, 0.15) is 18.1 Å². The Morgan fingerprint density at radius 1 is 1.13 bits per heavy atom. The molecule has 0 saturated heterocycles. The molecule has 2 aromatic heterocycles. The summed E-state index contributed by atoms with van der Waals surface area (Å²) in [6.45, 7) is 6.90. The first-order valence-corrected chi connectivity index (χ1v) is 11.0. The maximum atomic E-state index is 12.9. The van der Waals surface area contributed by atoms with Crippen molar-refractivity contribution in [3.63, 3.8) is 0 Å². The monoisotopic (exact) mass is 433 g/mol. The predicted molar refractivity (Wildman–Crippen MR) is 124 cm³/mol. The number of fused-ring (bicyclic) bond motifs is 1. The molecule has 0 bridgehead atoms. The van der Waals surface area contributed by atoms with E-state index < -0.39 is 0 Å². The van der Waals surface area contributed by atoms with Crippen LogP contribution in [0.3, 0.4) is 0 Å². The number of benzene rings is 2. The summed E-state index contributed by atoms with van der Waals surface area (Å²) in [6, 6.07) is 15.2. The minimum atomic E-state index is -0.197. The summed E-state index contributed by atoms with van der Waals surface area (Å²) < 4.78 is 13.3. The Labute approximate surface area is 184 Å². The largest absolute Gasteiger partial charge is 0.494 e. The Morgan fingerprint density at radius 3 is 2.68 bits per heavy atom. The zero-order chi connectivity index (χ0) is 21.6. The van der Waals surface area contributed by atoms with Crippen molar-refractivity contribution in [3.05, 3.63) is 81.6 Å². The second-order valence-electron chi connectivity index (χ2n) is 6.91. The molecule has 6 nitrogen and oxygen atoms in total. The van der Waals surface area contributed by atoms with Crippen LogP contribution < -0.4 is 19.6 Å². The number of unbranched alkanes of at least 4 members (excludes halogenated alkanes) is 1. The maximum absolute atomic E-state index is 12.9. The highest BCUT2D eigenvalue weighted by molar-refractivity contribution is 7.15. The summed E-state index contributed by atoms with van der Waals surface area (Å²) in [5.41, 5.74) is 1.47. The predicted octanol–water partition coefficient (Wildman–Crippen LogP) is 4.11. The number of rotatable bonds is 9. The van der Waals surface area contributed by atoms with E-state index in [1.807, 2.05) is 54.6 Å². The van der Waals surface area contributed by atoms with Crippen LogP contribution in [-0.4, -0.2) is 27.8 Å². The lowest BCUT2D eigenvalue weighted by atomic mass is 10.2. The Hall–Kier alpha value is -3.45. The second-order valence-corrected chi connectivity index (χ2v) is 7.92. The molecule has 4 rings (SSSR count). The number of para-hydroxylation sites is 1. The smallest absolute Gasteiger partial charge is 0.291 e. The van der Waals surface area contributed by atoms with Crippen molar-refractivity contribution in [1.29, 1.82) is 0 Å². The molecule has 0 amide bonds. The third-order valence-corrected chi connectivity index (χ3v) is 5.58. The molecule has 0 fully saturated rings. The van der Waals surface area contributed by atoms with E-state index in [1.54, 1.807) is 6.08 Å². The summed E-state index contributed by atoms with van der Waals surface area (Å²) in [7, 11) is 0. The van der Waals surface area contributed by atoms with Gasteiger partial charge in [0.15, 0.2) is 5.82 Å². The summed E-state index contributed by atoms with van der Waals surface area (Å²) in [4.78, 5) is 18.0. The summed E-state index contributed by atoms with van der Waals surface area (Å²) in [5.74, 6) is 2.03. The van der Waals surface area contributed by atoms with Crippen molar-refractivity contribution in [3.8, 4) is 22.9 Å². The zero-order valence-electron chi connectivity index (χ0n) is 17.3. The third kappa shape index (κ3) is 4.67. The first-order chi connectivity index (χ1) is 15.2. The van der Waals surface area contributed by atoms with Gasteiger partial charge < -0.3 is 9.47 Å². The molecule has 0 aliphatic carbocycles. The molecule has 0 aliphatic heterocycles. The summed E-state index contributed by atoms with van der Waals surface area (Å²) in [5, 5.41) is 4.42. The van der Waals surface area contributed by atoms with Gasteiger partial charge in [-0.25, -0.2) is 0 Å². The molecule has 0 saturated carbocycles. The second kappa shape index (κ2) is 9.57. The van der Waals surface area contributed by atoms with Crippen LogP contribution in [0.5, 0.6) is 11.5 Å². The quantitative estimate of drug-likeness (QED) is 0.294. The highest BCUT2D eigenvalue weighted by Gasteiger charge is 2.12. The lowest BCUT2D eigenvalue weighted by Gasteiger charge is -2.05. The molecule has 0 N–H and O–H groups in total. The molecule has 158 valence electrons. The standard InChI is InChI=1S/C24H23N3O3S/c1-3-5-15-29-19-12-10-17(11-13-19)22-25-24-27(26-22)23(28)21(31-24)16-18-8-6-7-9-20(18)30-14-4-2/h4,6-13,16H,2-3,5,14-15H2,1H3. The Kier molecular flexibility index (Phi) is 6.43. The molecule has 0 spiro atoms. The van der Waals surface area contributed by atoms with E-state index in [-0.39, 0.29) is 5.56 Å². The van der Waals surface area contributed by atoms with Crippen LogP contribution >= 0.6 is 11.3 Å². The Bertz CT molecular complexity index is 1290. The van der Waals surface area contributed by atoms with Crippen molar-refractivity contribution in [2.75, 3.05) is 13.2 Å². The van der Waals surface area contributed by atoms with E-state index in [2.05, 4.69) is 23.6 Å². The average molecular weight is 434 g/mol. The zero-order valence-corrected chi connectivity index (χ0v) is 18.1. The van der Waals surface area contributed by atoms with Crippen molar-refractivity contribution < 1.29 is 9.47 Å². The average Bonchev–Trinajstić information content (AvgIpc) is 3.33. The van der Waals surface area contributed by atoms with E-state index in [0.717, 1.165) is 29.7 Å². The van der Waals surface area contributed by atoms with Crippen molar-refractivity contribution in [2.45, 2.75) is 19.8 Å². The van der Waals surface area contributed by atoms with Gasteiger partial charge in [-0.2, -0.15) is 9.50 Å². The van der Waals surface area contributed by atoms with Gasteiger partial charge in [-0.15, -0.1) is 5.10 Å². The van der Waals surface area contributed by atoms with Crippen LogP contribution in [-0.2, 0) is 0 Å². The van der Waals surface area contributed by atoms with Crippen molar-refractivity contribution in [1.82, 2.24) is 14.6 Å². The number of ether oxygens (including phenoxy) is 2. The van der Waals surface area contributed by atoms with E-state index in [4.69, 9.17) is 9.47 Å². The minimum absolute atomic E-state index is 0.197. The SMILES string of the molecule is C=CCOc1ccccc1C=c1sc2nc(-c3ccc(OCCCC)cc3)nn2c1=O. The van der Waals surface area contributed by atoms with Gasteiger partial charge in [-0.1, -0.05) is 55.5 Å². The van der Waals surface area contributed by atoms with Gasteiger partial charge in [0.05, 0.1) is 11.1 Å². The molecule has 4 aromatic rings. The maximum Gasteiger partial charge on any atom is 0.291 e. The fraction of sp³-hybridized carbons (Fsp3) is 0.208. The highest BCUT2D eigenvalue weighted by Crippen LogP contribution is 2.21. The number of aromatic nitrogens is 3. The third-order valence-electron chi connectivity index (χ3n) is 4.62. The topological polar surface area (TPSA) is 65.7 Å². The first-order valence-electron chi connectivity index (χ1n) is 10.2. The van der Waals surface area contributed by atoms with Gasteiger partial charge in [0, 0.05) is 11.1 Å². The van der Waals surface area contributed by atoms with E-state index in [1.165, 1.54) is 15.9 Å². The van der Waals surface area contributed by atoms with E-state index in [9.17, 15) is 4.79 Å². The lowest BCUT2D eigenvalue weighted by molar-refractivity contribution is 0.309. The van der Waals surface area contributed by atoms with Crippen LogP contribution in [0, 0.1) is 0 Å². The lowest BCUT2D eigenvalue weighted by Crippen LogP contribution is -2.23. The summed E-state index contributed by atoms with van der Waals surface area (Å²) in [6.07, 6.45) is 5.61. The Balaban J connectivity index is 1.61. The normalized spacial score (nSPS) is 11.7. The van der Waals surface area contributed by atoms with Gasteiger partial charge in [0.25, 0.3) is 5.56 Å². The van der Waals surface area contributed by atoms with Gasteiger partial charge in [-0.05, 0) is 42.8 Å². The van der Waals surface area contributed by atoms with Gasteiger partial charge in [-0.3, -0.25) is 4.79 Å². The van der Waals surface area contributed by atoms with Crippen LogP contribution in [0.4, 0.5) is 0 Å². The van der Waals surface area contributed by atoms with Crippen molar-refractivity contribution >= 4 is 22.4 Å². The van der Waals surface area contributed by atoms with E-state index >= 15 is 0 Å². The number of hydrogen-bond acceptors (Lipinski definition) is 6. The molecule has 7 heteroatoms. The molecule has 0 atom stereocenters. The molecular weight excluding hydrogens is 410 g/mol. The fourth-order valence-electron chi connectivity index (χ4n) is 3.01. The number of thiazole rings is 1. The molecule has 2 heterocycles. The van der Waals surface area contributed by atoms with Crippen LogP contribution in [0.2, 0.25) is 0 Å². The first kappa shape index (κ1) is 20.8. The van der Waals surface area contributed by atoms with Crippen LogP contribution in [0.1, 0.15) is 25.3 Å². The van der Waals surface area contributed by atoms with E-state index in [0.29, 0.717) is 34.3 Å². The van der Waals surface area contributed by atoms with Crippen molar-refractivity contribution in [2.24, 2.45) is 0 Å². The minimum Gasteiger partial charge on any atom is -0.494 e. The molecule has 31 heavy (non-hydrogen) atoms. The molecule has 2 aromatic carbocycles. The summed E-state index contributed by atoms with van der Waals surface area (Å²) >= 11 is 1.30. The van der Waals surface area contributed by atoms with Crippen LogP contribution in [0.25, 0.3) is 22.4 Å². The van der Waals surface area contributed by atoms with Crippen LogP contribution in [0.15, 0.2) is 66.0 Å². The molecular formula is C24H23N3O3S. The molecule has 0 radical (unpaired) electrons. The molecule has 0 unspecified atom stereocenters. The van der Waals surface area contributed by atoms with Gasteiger partial charge >= 0.3 is 0 Å². The fourth-order valence-corrected chi connectivity index (χ4v) is 3.91. The number of nitrogens with zero attached hydrogens (tertiary/aromatic N) is 3. The molecule has 0 aliphatic rings. The Morgan fingerprint density at radius 2 is 1.94 bits per heavy atom. The van der Waals surface area contributed by atoms with Gasteiger partial charge in [0.2, 0.25) is 4.96 Å². The highest BCUT2D eigenvalue weighted by atomic mass is 32.1.